The number of sulfonamides is 1. The van der Waals surface area contributed by atoms with Crippen LogP contribution in [0.15, 0.2) is 18.3 Å². The van der Waals surface area contributed by atoms with E-state index in [1.54, 1.807) is 0 Å². The number of carbonyl (C=O) groups excluding carboxylic acids is 1. The van der Waals surface area contributed by atoms with Gasteiger partial charge in [-0.1, -0.05) is 18.5 Å². The molecule has 3 rings (SSSR count). The van der Waals surface area contributed by atoms with Crippen LogP contribution in [0.2, 0.25) is 5.15 Å². The highest BCUT2D eigenvalue weighted by Crippen LogP contribution is 2.37. The Labute approximate surface area is 173 Å². The molecule has 8 nitrogen and oxygen atoms in total. The number of nitrogens with zero attached hydrogens (tertiary/aromatic N) is 3. The number of nitrogens with one attached hydrogen (secondary N) is 1. The van der Waals surface area contributed by atoms with Crippen molar-refractivity contribution in [2.75, 3.05) is 26.0 Å². The van der Waals surface area contributed by atoms with Crippen LogP contribution in [0.4, 0.5) is 4.39 Å². The smallest absolute Gasteiger partial charge is 0.306 e. The Morgan fingerprint density at radius 2 is 2.21 bits per heavy atom. The number of hydrogen-bond acceptors (Lipinski definition) is 6. The third-order valence-electron chi connectivity index (χ3n) is 5.08. The lowest BCUT2D eigenvalue weighted by Crippen LogP contribution is -2.43. The highest BCUT2D eigenvalue weighted by atomic mass is 35.5. The number of piperidine rings is 1. The second-order valence-corrected chi connectivity index (χ2v) is 9.47. The molecule has 1 saturated heterocycles. The van der Waals surface area contributed by atoms with Crippen LogP contribution in [0.25, 0.3) is 11.5 Å². The molecule has 3 heterocycles. The summed E-state index contributed by atoms with van der Waals surface area (Å²) >= 11 is 6.32. The van der Waals surface area contributed by atoms with E-state index in [9.17, 15) is 17.6 Å². The average Bonchev–Trinajstić information content (AvgIpc) is 3.08. The van der Waals surface area contributed by atoms with Crippen molar-refractivity contribution in [2.24, 2.45) is 5.92 Å². The van der Waals surface area contributed by atoms with E-state index in [2.05, 4.69) is 19.7 Å². The molecule has 0 unspecified atom stereocenters. The molecule has 29 heavy (non-hydrogen) atoms. The molecule has 0 radical (unpaired) electrons. The van der Waals surface area contributed by atoms with Gasteiger partial charge in [-0.05, 0) is 24.5 Å². The van der Waals surface area contributed by atoms with Crippen LogP contribution < -0.4 is 0 Å². The normalized spacial score (nSPS) is 20.6. The van der Waals surface area contributed by atoms with Gasteiger partial charge in [-0.2, -0.15) is 0 Å². The second-order valence-electron chi connectivity index (χ2n) is 7.02. The second kappa shape index (κ2) is 8.76. The Kier molecular flexibility index (Phi) is 6.55. The Hall–Kier alpha value is -2.04. The molecule has 2 aromatic heterocycles. The molecule has 0 aromatic carbocycles. The molecule has 11 heteroatoms. The molecule has 1 N–H and O–H groups in total. The molecule has 0 saturated carbocycles. The summed E-state index contributed by atoms with van der Waals surface area (Å²) in [7, 11) is -2.32. The number of H-pyrrole nitrogens is 1. The van der Waals surface area contributed by atoms with Gasteiger partial charge in [0.15, 0.2) is 11.0 Å². The first-order valence-electron chi connectivity index (χ1n) is 9.13. The zero-order chi connectivity index (χ0) is 21.2. The van der Waals surface area contributed by atoms with E-state index < -0.39 is 21.8 Å². The largest absolute Gasteiger partial charge is 0.469 e. The molecule has 2 aromatic rings. The maximum absolute atomic E-state index is 13.1. The van der Waals surface area contributed by atoms with Gasteiger partial charge >= 0.3 is 5.97 Å². The SMILES string of the molecule is COC(=O)CCS(=O)(=O)N1CC[C@H](c2[nH]c(-c3ccc(F)cn3)nc2Cl)[C@H](C)C1. The Morgan fingerprint density at radius 1 is 1.45 bits per heavy atom. The van der Waals surface area contributed by atoms with Crippen LogP contribution in [0, 0.1) is 11.7 Å². The number of halogens is 2. The quantitative estimate of drug-likeness (QED) is 0.686. The van der Waals surface area contributed by atoms with Gasteiger partial charge in [0, 0.05) is 19.0 Å². The topological polar surface area (TPSA) is 105 Å². The lowest BCUT2D eigenvalue weighted by atomic mass is 9.86. The molecule has 0 aliphatic carbocycles. The van der Waals surface area contributed by atoms with E-state index >= 15 is 0 Å². The summed E-state index contributed by atoms with van der Waals surface area (Å²) in [6, 6.07) is 2.80. The van der Waals surface area contributed by atoms with Crippen molar-refractivity contribution >= 4 is 27.6 Å². The minimum atomic E-state index is -3.55. The standard InChI is InChI=1S/C18H22ClFN4O4S/c1-11-10-24(29(26,27)8-6-15(25)28-2)7-5-13(11)16-17(19)23-18(22-16)14-4-3-12(20)9-21-14/h3-4,9,11,13H,5-8,10H2,1-2H3,(H,22,23)/t11-,13+/m1/s1. The number of imidazole rings is 1. The summed E-state index contributed by atoms with van der Waals surface area (Å²) in [5, 5.41) is 0.296. The summed E-state index contributed by atoms with van der Waals surface area (Å²) < 4.78 is 44.0. The van der Waals surface area contributed by atoms with Crippen LogP contribution in [-0.2, 0) is 19.6 Å². The van der Waals surface area contributed by atoms with Gasteiger partial charge in [0.2, 0.25) is 10.0 Å². The summed E-state index contributed by atoms with van der Waals surface area (Å²) in [6.07, 6.45) is 1.48. The first-order chi connectivity index (χ1) is 13.7. The van der Waals surface area contributed by atoms with Crippen molar-refractivity contribution in [1.82, 2.24) is 19.3 Å². The van der Waals surface area contributed by atoms with Crippen LogP contribution in [-0.4, -0.2) is 59.6 Å². The number of carbonyl (C=O) groups is 1. The Balaban J connectivity index is 1.71. The zero-order valence-corrected chi connectivity index (χ0v) is 17.6. The Morgan fingerprint density at radius 3 is 2.83 bits per heavy atom. The van der Waals surface area contributed by atoms with E-state index in [0.717, 1.165) is 6.20 Å². The van der Waals surface area contributed by atoms with Gasteiger partial charge in [0.25, 0.3) is 0 Å². The third-order valence-corrected chi connectivity index (χ3v) is 7.21. The Bertz CT molecular complexity index is 980. The van der Waals surface area contributed by atoms with Crippen LogP contribution in [0.3, 0.4) is 0 Å². The first-order valence-corrected chi connectivity index (χ1v) is 11.1. The van der Waals surface area contributed by atoms with Gasteiger partial charge in [-0.15, -0.1) is 0 Å². The zero-order valence-electron chi connectivity index (χ0n) is 16.1. The number of ether oxygens (including phenoxy) is 1. The summed E-state index contributed by atoms with van der Waals surface area (Å²) in [5.74, 6) is -0.878. The average molecular weight is 445 g/mol. The molecule has 0 amide bonds. The van der Waals surface area contributed by atoms with Gasteiger partial charge in [-0.25, -0.2) is 27.1 Å². The lowest BCUT2D eigenvalue weighted by molar-refractivity contribution is -0.140. The minimum absolute atomic E-state index is 0.0174. The van der Waals surface area contributed by atoms with Crippen molar-refractivity contribution in [3.05, 3.63) is 35.0 Å². The molecular weight excluding hydrogens is 423 g/mol. The highest BCUT2D eigenvalue weighted by Gasteiger charge is 2.35. The van der Waals surface area contributed by atoms with Crippen molar-refractivity contribution in [2.45, 2.75) is 25.7 Å². The fourth-order valence-corrected chi connectivity index (χ4v) is 5.28. The number of aromatic nitrogens is 3. The van der Waals surface area contributed by atoms with Gasteiger partial charge < -0.3 is 9.72 Å². The predicted molar refractivity (Wildman–Crippen MR) is 105 cm³/mol. The van der Waals surface area contributed by atoms with Gasteiger partial charge in [0.05, 0.1) is 31.2 Å². The molecule has 1 aliphatic heterocycles. The molecule has 2 atom stereocenters. The summed E-state index contributed by atoms with van der Waals surface area (Å²) in [4.78, 5) is 22.7. The monoisotopic (exact) mass is 444 g/mol. The van der Waals surface area contributed by atoms with E-state index in [4.69, 9.17) is 11.6 Å². The van der Waals surface area contributed by atoms with Crippen molar-refractivity contribution in [3.63, 3.8) is 0 Å². The highest BCUT2D eigenvalue weighted by molar-refractivity contribution is 7.89. The van der Waals surface area contributed by atoms with E-state index in [1.807, 2.05) is 6.92 Å². The molecule has 0 spiro atoms. The van der Waals surface area contributed by atoms with Crippen LogP contribution in [0.5, 0.6) is 0 Å². The van der Waals surface area contributed by atoms with Crippen molar-refractivity contribution in [3.8, 4) is 11.5 Å². The maximum atomic E-state index is 13.1. The number of rotatable bonds is 6. The lowest BCUT2D eigenvalue weighted by Gasteiger charge is -2.35. The van der Waals surface area contributed by atoms with E-state index in [-0.39, 0.29) is 24.0 Å². The number of aromatic amines is 1. The van der Waals surface area contributed by atoms with Crippen LogP contribution in [0.1, 0.15) is 31.4 Å². The van der Waals surface area contributed by atoms with E-state index in [1.165, 1.54) is 23.5 Å². The predicted octanol–water partition coefficient (Wildman–Crippen LogP) is 2.58. The maximum Gasteiger partial charge on any atom is 0.306 e. The van der Waals surface area contributed by atoms with Crippen molar-refractivity contribution < 1.29 is 22.3 Å². The number of hydrogen-bond donors (Lipinski definition) is 1. The fourth-order valence-electron chi connectivity index (χ4n) is 3.48. The molecule has 1 aliphatic rings. The molecule has 0 bridgehead atoms. The summed E-state index contributed by atoms with van der Waals surface area (Å²) in [5.41, 5.74) is 1.18. The third kappa shape index (κ3) is 4.93. The van der Waals surface area contributed by atoms with Crippen molar-refractivity contribution in [1.29, 1.82) is 0 Å². The number of pyridine rings is 1. The molecular formula is C18H22ClFN4O4S. The van der Waals surface area contributed by atoms with E-state index in [0.29, 0.717) is 41.9 Å². The summed E-state index contributed by atoms with van der Waals surface area (Å²) in [6.45, 7) is 2.57. The molecule has 158 valence electrons. The number of methoxy groups -OCH3 is 1. The number of esters is 1. The molecule has 1 fully saturated rings. The van der Waals surface area contributed by atoms with Gasteiger partial charge in [0.1, 0.15) is 11.5 Å². The van der Waals surface area contributed by atoms with Gasteiger partial charge in [-0.3, -0.25) is 4.79 Å². The van der Waals surface area contributed by atoms with Crippen LogP contribution >= 0.6 is 11.6 Å². The minimum Gasteiger partial charge on any atom is -0.469 e. The first kappa shape index (κ1) is 21.7. The fraction of sp³-hybridized carbons (Fsp3) is 0.500.